The summed E-state index contributed by atoms with van der Waals surface area (Å²) in [6.07, 6.45) is 0.998. The lowest BCUT2D eigenvalue weighted by Gasteiger charge is -2.15. The second-order valence-electron chi connectivity index (χ2n) is 4.83. The summed E-state index contributed by atoms with van der Waals surface area (Å²) >= 11 is 5.90. The molecular weight excluding hydrogens is 314 g/mol. The molecule has 0 spiro atoms. The number of carbonyl (C=O) groups excluding carboxylic acids is 1. The number of carbonyl (C=O) groups is 1. The molecule has 0 saturated heterocycles. The van der Waals surface area contributed by atoms with Crippen LogP contribution < -0.4 is 14.8 Å². The van der Waals surface area contributed by atoms with Crippen molar-refractivity contribution in [2.45, 2.75) is 13.0 Å². The molecule has 0 bridgehead atoms. The minimum Gasteiger partial charge on any atom is -0.489 e. The average molecular weight is 332 g/mol. The first-order valence-electron chi connectivity index (χ1n) is 7.15. The monoisotopic (exact) mass is 331 g/mol. The van der Waals surface area contributed by atoms with Crippen molar-refractivity contribution >= 4 is 23.2 Å². The molecule has 0 aliphatic rings. The van der Waals surface area contributed by atoms with Crippen LogP contribution in [0.25, 0.3) is 0 Å². The van der Waals surface area contributed by atoms with E-state index in [0.717, 1.165) is 0 Å². The number of hydrogen-bond acceptors (Lipinski definition) is 3. The summed E-state index contributed by atoms with van der Waals surface area (Å²) in [6, 6.07) is 14.1. The summed E-state index contributed by atoms with van der Waals surface area (Å²) in [4.78, 5) is 12.2. The van der Waals surface area contributed by atoms with Crippen LogP contribution in [-0.2, 0) is 4.79 Å². The second kappa shape index (κ2) is 8.25. The van der Waals surface area contributed by atoms with Crippen LogP contribution >= 0.6 is 11.6 Å². The molecule has 4 nitrogen and oxygen atoms in total. The van der Waals surface area contributed by atoms with E-state index < -0.39 is 6.10 Å². The van der Waals surface area contributed by atoms with Crippen LogP contribution in [0.4, 0.5) is 5.69 Å². The largest absolute Gasteiger partial charge is 0.489 e. The summed E-state index contributed by atoms with van der Waals surface area (Å²) in [7, 11) is 0. The maximum atomic E-state index is 12.2. The number of rotatable bonds is 7. The maximum absolute atomic E-state index is 12.2. The third kappa shape index (κ3) is 5.34. The lowest BCUT2D eigenvalue weighted by atomic mass is 10.2. The predicted molar refractivity (Wildman–Crippen MR) is 92.3 cm³/mol. The van der Waals surface area contributed by atoms with Crippen molar-refractivity contribution in [1.29, 1.82) is 0 Å². The van der Waals surface area contributed by atoms with E-state index in [2.05, 4.69) is 11.9 Å². The molecule has 5 heteroatoms. The first-order valence-corrected chi connectivity index (χ1v) is 7.53. The Hall–Kier alpha value is -2.46. The molecular formula is C18H18ClNO3. The van der Waals surface area contributed by atoms with Crippen molar-refractivity contribution in [2.75, 3.05) is 11.9 Å². The van der Waals surface area contributed by atoms with Gasteiger partial charge in [-0.1, -0.05) is 36.4 Å². The molecule has 1 atom stereocenters. The molecule has 0 unspecified atom stereocenters. The Labute approximate surface area is 140 Å². The fourth-order valence-electron chi connectivity index (χ4n) is 1.86. The Bertz CT molecular complexity index is 687. The van der Waals surface area contributed by atoms with E-state index in [1.54, 1.807) is 55.5 Å². The van der Waals surface area contributed by atoms with Gasteiger partial charge in [0.15, 0.2) is 6.10 Å². The number of anilines is 1. The van der Waals surface area contributed by atoms with E-state index in [0.29, 0.717) is 28.8 Å². The Balaban J connectivity index is 1.96. The minimum absolute atomic E-state index is 0.258. The van der Waals surface area contributed by atoms with E-state index in [4.69, 9.17) is 21.1 Å². The van der Waals surface area contributed by atoms with Gasteiger partial charge in [-0.2, -0.15) is 0 Å². The van der Waals surface area contributed by atoms with Crippen molar-refractivity contribution in [3.05, 3.63) is 66.2 Å². The topological polar surface area (TPSA) is 47.6 Å². The van der Waals surface area contributed by atoms with E-state index in [9.17, 15) is 4.79 Å². The van der Waals surface area contributed by atoms with Gasteiger partial charge in [-0.05, 0) is 37.3 Å². The van der Waals surface area contributed by atoms with Gasteiger partial charge in [-0.3, -0.25) is 4.79 Å². The molecule has 120 valence electrons. The van der Waals surface area contributed by atoms with Crippen LogP contribution in [0.15, 0.2) is 61.2 Å². The second-order valence-corrected chi connectivity index (χ2v) is 5.27. The van der Waals surface area contributed by atoms with Gasteiger partial charge in [0, 0.05) is 16.8 Å². The van der Waals surface area contributed by atoms with Gasteiger partial charge in [-0.15, -0.1) is 0 Å². The Kier molecular flexibility index (Phi) is 6.06. The maximum Gasteiger partial charge on any atom is 0.265 e. The van der Waals surface area contributed by atoms with Crippen LogP contribution in [0.2, 0.25) is 5.02 Å². The standard InChI is InChI=1S/C18H18ClNO3/c1-3-10-22-16-8-5-7-15(12-16)20-18(21)13(2)23-17-9-4-6-14(19)11-17/h3-9,11-13H,1,10H2,2H3,(H,20,21)/t13-/m1/s1. The molecule has 0 aliphatic carbocycles. The molecule has 23 heavy (non-hydrogen) atoms. The zero-order valence-corrected chi connectivity index (χ0v) is 13.5. The van der Waals surface area contributed by atoms with E-state index >= 15 is 0 Å². The summed E-state index contributed by atoms with van der Waals surface area (Å²) < 4.78 is 11.0. The highest BCUT2D eigenvalue weighted by Crippen LogP contribution is 2.20. The summed E-state index contributed by atoms with van der Waals surface area (Å²) in [5, 5.41) is 3.35. The van der Waals surface area contributed by atoms with Gasteiger partial charge < -0.3 is 14.8 Å². The molecule has 0 radical (unpaired) electrons. The first-order chi connectivity index (χ1) is 11.1. The first kappa shape index (κ1) is 16.9. The number of nitrogens with one attached hydrogen (secondary N) is 1. The Morgan fingerprint density at radius 1 is 1.26 bits per heavy atom. The average Bonchev–Trinajstić information content (AvgIpc) is 2.53. The number of hydrogen-bond donors (Lipinski definition) is 1. The molecule has 2 rings (SSSR count). The van der Waals surface area contributed by atoms with E-state index in [1.165, 1.54) is 0 Å². The SMILES string of the molecule is C=CCOc1cccc(NC(=O)[C@@H](C)Oc2cccc(Cl)c2)c1. The number of benzene rings is 2. The highest BCUT2D eigenvalue weighted by Gasteiger charge is 2.15. The van der Waals surface area contributed by atoms with Gasteiger partial charge in [-0.25, -0.2) is 0 Å². The highest BCUT2D eigenvalue weighted by atomic mass is 35.5. The fourth-order valence-corrected chi connectivity index (χ4v) is 2.04. The number of halogens is 1. The van der Waals surface area contributed by atoms with Gasteiger partial charge in [0.05, 0.1) is 0 Å². The van der Waals surface area contributed by atoms with E-state index in [-0.39, 0.29) is 5.91 Å². The van der Waals surface area contributed by atoms with Crippen LogP contribution in [0.5, 0.6) is 11.5 Å². The van der Waals surface area contributed by atoms with Crippen molar-refractivity contribution in [1.82, 2.24) is 0 Å². The lowest BCUT2D eigenvalue weighted by Crippen LogP contribution is -2.30. The van der Waals surface area contributed by atoms with Gasteiger partial charge in [0.1, 0.15) is 18.1 Å². The number of amides is 1. The molecule has 0 aliphatic heterocycles. The molecule has 0 fully saturated rings. The molecule has 2 aromatic carbocycles. The third-order valence-electron chi connectivity index (χ3n) is 2.95. The highest BCUT2D eigenvalue weighted by molar-refractivity contribution is 6.30. The molecule has 0 aromatic heterocycles. The van der Waals surface area contributed by atoms with Crippen LogP contribution in [0, 0.1) is 0 Å². The third-order valence-corrected chi connectivity index (χ3v) is 3.18. The molecule has 1 amide bonds. The molecule has 0 saturated carbocycles. The van der Waals surface area contributed by atoms with Gasteiger partial charge in [0.2, 0.25) is 0 Å². The quantitative estimate of drug-likeness (QED) is 0.769. The molecule has 2 aromatic rings. The van der Waals surface area contributed by atoms with Crippen LogP contribution in [-0.4, -0.2) is 18.6 Å². The zero-order valence-electron chi connectivity index (χ0n) is 12.8. The van der Waals surface area contributed by atoms with Crippen molar-refractivity contribution in [3.63, 3.8) is 0 Å². The van der Waals surface area contributed by atoms with Crippen LogP contribution in [0.1, 0.15) is 6.92 Å². The molecule has 0 heterocycles. The Morgan fingerprint density at radius 2 is 2.00 bits per heavy atom. The normalized spacial score (nSPS) is 11.4. The summed E-state index contributed by atoms with van der Waals surface area (Å²) in [5.41, 5.74) is 0.637. The smallest absolute Gasteiger partial charge is 0.265 e. The zero-order chi connectivity index (χ0) is 16.7. The van der Waals surface area contributed by atoms with E-state index in [1.807, 2.05) is 6.07 Å². The van der Waals surface area contributed by atoms with Crippen LogP contribution in [0.3, 0.4) is 0 Å². The van der Waals surface area contributed by atoms with Crippen molar-refractivity contribution < 1.29 is 14.3 Å². The van der Waals surface area contributed by atoms with Gasteiger partial charge in [0.25, 0.3) is 5.91 Å². The van der Waals surface area contributed by atoms with Gasteiger partial charge >= 0.3 is 0 Å². The summed E-state index contributed by atoms with van der Waals surface area (Å²) in [5.74, 6) is 0.945. The summed E-state index contributed by atoms with van der Waals surface area (Å²) in [6.45, 7) is 5.68. The number of ether oxygens (including phenoxy) is 2. The predicted octanol–water partition coefficient (Wildman–Crippen LogP) is 4.31. The fraction of sp³-hybridized carbons (Fsp3) is 0.167. The van der Waals surface area contributed by atoms with Crippen molar-refractivity contribution in [3.8, 4) is 11.5 Å². The lowest BCUT2D eigenvalue weighted by molar-refractivity contribution is -0.122. The molecule has 1 N–H and O–H groups in total. The van der Waals surface area contributed by atoms with Crippen molar-refractivity contribution in [2.24, 2.45) is 0 Å². The Morgan fingerprint density at radius 3 is 2.74 bits per heavy atom. The minimum atomic E-state index is -0.661.